The minimum atomic E-state index is -0.667. The van der Waals surface area contributed by atoms with Crippen molar-refractivity contribution in [2.75, 3.05) is 12.0 Å². The van der Waals surface area contributed by atoms with Crippen LogP contribution in [0.1, 0.15) is 5.76 Å². The molecule has 0 unspecified atom stereocenters. The molecule has 2 amide bonds. The maximum absolute atomic E-state index is 13.2. The molecule has 160 valence electrons. The number of nitro benzene ring substituents is 1. The number of ether oxygens (including phenoxy) is 1. The summed E-state index contributed by atoms with van der Waals surface area (Å²) in [5.41, 5.74) is 0.596. The largest absolute Gasteiger partial charge is 0.495 e. The number of carbonyl (C=O) groups is 2. The third-order valence-electron chi connectivity index (χ3n) is 4.68. The van der Waals surface area contributed by atoms with Gasteiger partial charge in [0, 0.05) is 17.7 Å². The second kappa shape index (κ2) is 8.44. The molecular weight excluding hydrogens is 434 g/mol. The normalized spacial score (nSPS) is 15.1. The van der Waals surface area contributed by atoms with Crippen LogP contribution in [-0.2, 0) is 9.59 Å². The average Bonchev–Trinajstić information content (AvgIpc) is 3.26. The van der Waals surface area contributed by atoms with Gasteiger partial charge < -0.3 is 9.15 Å². The van der Waals surface area contributed by atoms with Gasteiger partial charge in [0.05, 0.1) is 17.7 Å². The first-order valence-corrected chi connectivity index (χ1v) is 9.69. The van der Waals surface area contributed by atoms with Crippen LogP contribution in [0.2, 0.25) is 0 Å². The number of nitrogens with zero attached hydrogens (tertiary/aromatic N) is 2. The number of non-ortho nitro benzene ring substituents is 1. The second-order valence-corrected chi connectivity index (χ2v) is 7.03. The van der Waals surface area contributed by atoms with E-state index in [-0.39, 0.29) is 22.1 Å². The van der Waals surface area contributed by atoms with Gasteiger partial charge in [-0.3, -0.25) is 25.0 Å². The number of hydrogen-bond acceptors (Lipinski definition) is 7. The van der Waals surface area contributed by atoms with Gasteiger partial charge in [0.15, 0.2) is 5.11 Å². The SMILES string of the molecule is COc1ccccc1N1C(=O)/C(=C/c2ccc(-c3cccc([N+](=O)[O-])c3)o2)C(=O)NC1=S. The summed E-state index contributed by atoms with van der Waals surface area (Å²) >= 11 is 5.20. The van der Waals surface area contributed by atoms with Crippen molar-refractivity contribution in [3.05, 3.63) is 82.1 Å². The monoisotopic (exact) mass is 449 g/mol. The second-order valence-electron chi connectivity index (χ2n) is 6.64. The van der Waals surface area contributed by atoms with Crippen LogP contribution in [0.4, 0.5) is 11.4 Å². The zero-order valence-electron chi connectivity index (χ0n) is 16.6. The molecule has 1 fully saturated rings. The highest BCUT2D eigenvalue weighted by Crippen LogP contribution is 2.31. The van der Waals surface area contributed by atoms with Crippen LogP contribution in [-0.4, -0.2) is 29.0 Å². The van der Waals surface area contributed by atoms with Crippen molar-refractivity contribution in [1.29, 1.82) is 0 Å². The summed E-state index contributed by atoms with van der Waals surface area (Å²) in [7, 11) is 1.46. The molecule has 2 aromatic carbocycles. The summed E-state index contributed by atoms with van der Waals surface area (Å²) in [6, 6.07) is 15.9. The molecule has 1 aromatic heterocycles. The smallest absolute Gasteiger partial charge is 0.270 e. The fraction of sp³-hybridized carbons (Fsp3) is 0.0455. The van der Waals surface area contributed by atoms with E-state index in [4.69, 9.17) is 21.4 Å². The molecule has 1 N–H and O–H groups in total. The Balaban J connectivity index is 1.69. The van der Waals surface area contributed by atoms with Crippen molar-refractivity contribution in [3.8, 4) is 17.1 Å². The van der Waals surface area contributed by atoms with E-state index in [1.807, 2.05) is 0 Å². The van der Waals surface area contributed by atoms with Gasteiger partial charge in [-0.05, 0) is 42.6 Å². The molecule has 0 aliphatic carbocycles. The van der Waals surface area contributed by atoms with Gasteiger partial charge in [-0.2, -0.15) is 0 Å². The van der Waals surface area contributed by atoms with Crippen molar-refractivity contribution < 1.29 is 23.7 Å². The summed E-state index contributed by atoms with van der Waals surface area (Å²) in [5, 5.41) is 13.4. The summed E-state index contributed by atoms with van der Waals surface area (Å²) < 4.78 is 11.0. The molecule has 1 saturated heterocycles. The van der Waals surface area contributed by atoms with E-state index in [0.717, 1.165) is 0 Å². The Hall–Kier alpha value is -4.31. The number of methoxy groups -OCH3 is 1. The summed E-state index contributed by atoms with van der Waals surface area (Å²) in [4.78, 5) is 37.3. The quantitative estimate of drug-likeness (QED) is 0.208. The van der Waals surface area contributed by atoms with Gasteiger partial charge in [0.25, 0.3) is 17.5 Å². The van der Waals surface area contributed by atoms with E-state index in [2.05, 4.69) is 5.32 Å². The molecule has 3 aromatic rings. The van der Waals surface area contributed by atoms with Crippen molar-refractivity contribution in [1.82, 2.24) is 5.32 Å². The highest BCUT2D eigenvalue weighted by Gasteiger charge is 2.36. The minimum Gasteiger partial charge on any atom is -0.495 e. The molecule has 0 spiro atoms. The molecule has 0 bridgehead atoms. The number of nitrogens with one attached hydrogen (secondary N) is 1. The lowest BCUT2D eigenvalue weighted by Crippen LogP contribution is -2.54. The average molecular weight is 449 g/mol. The minimum absolute atomic E-state index is 0.0709. The Bertz CT molecular complexity index is 1300. The predicted molar refractivity (Wildman–Crippen MR) is 120 cm³/mol. The molecular formula is C22H15N3O6S. The topological polar surface area (TPSA) is 115 Å². The lowest BCUT2D eigenvalue weighted by molar-refractivity contribution is -0.384. The molecule has 1 aliphatic rings. The molecule has 10 heteroatoms. The van der Waals surface area contributed by atoms with Crippen molar-refractivity contribution in [2.45, 2.75) is 0 Å². The Labute approximate surface area is 187 Å². The zero-order chi connectivity index (χ0) is 22.8. The Morgan fingerprint density at radius 2 is 1.91 bits per heavy atom. The third-order valence-corrected chi connectivity index (χ3v) is 4.97. The number of carbonyl (C=O) groups excluding carboxylic acids is 2. The van der Waals surface area contributed by atoms with Crippen LogP contribution < -0.4 is 15.0 Å². The molecule has 2 heterocycles. The first-order chi connectivity index (χ1) is 15.4. The molecule has 0 radical (unpaired) electrons. The number of rotatable bonds is 5. The van der Waals surface area contributed by atoms with Crippen molar-refractivity contribution in [3.63, 3.8) is 0 Å². The number of para-hydroxylation sites is 2. The fourth-order valence-electron chi connectivity index (χ4n) is 3.19. The van der Waals surface area contributed by atoms with Gasteiger partial charge in [0.2, 0.25) is 0 Å². The Morgan fingerprint density at radius 1 is 1.12 bits per heavy atom. The first kappa shape index (κ1) is 20.9. The fourth-order valence-corrected chi connectivity index (χ4v) is 3.47. The molecule has 9 nitrogen and oxygen atoms in total. The molecule has 0 saturated carbocycles. The van der Waals surface area contributed by atoms with E-state index >= 15 is 0 Å². The number of nitro groups is 1. The van der Waals surface area contributed by atoms with E-state index in [9.17, 15) is 19.7 Å². The number of thiocarbonyl (C=S) groups is 1. The molecule has 4 rings (SSSR count). The zero-order valence-corrected chi connectivity index (χ0v) is 17.4. The van der Waals surface area contributed by atoms with Gasteiger partial charge in [-0.1, -0.05) is 24.3 Å². The van der Waals surface area contributed by atoms with Crippen LogP contribution in [0.15, 0.2) is 70.7 Å². The highest BCUT2D eigenvalue weighted by molar-refractivity contribution is 7.80. The summed E-state index contributed by atoms with van der Waals surface area (Å²) in [6.07, 6.45) is 1.29. The van der Waals surface area contributed by atoms with E-state index in [1.54, 1.807) is 42.5 Å². The number of anilines is 1. The van der Waals surface area contributed by atoms with Gasteiger partial charge in [-0.25, -0.2) is 4.90 Å². The van der Waals surface area contributed by atoms with Crippen LogP contribution in [0.5, 0.6) is 5.75 Å². The van der Waals surface area contributed by atoms with E-state index in [1.165, 1.54) is 36.3 Å². The summed E-state index contributed by atoms with van der Waals surface area (Å²) in [5.74, 6) is -0.334. The standard InChI is InChI=1S/C22H15N3O6S/c1-30-19-8-3-2-7-17(19)24-21(27)16(20(26)23-22(24)32)12-15-9-10-18(31-15)13-5-4-6-14(11-13)25(28)29/h2-12H,1H3,(H,23,26,32)/b16-12+. The molecule has 0 atom stereocenters. The third kappa shape index (κ3) is 3.86. The number of amides is 2. The Morgan fingerprint density at radius 3 is 2.66 bits per heavy atom. The van der Waals surface area contributed by atoms with Gasteiger partial charge in [0.1, 0.15) is 22.8 Å². The maximum Gasteiger partial charge on any atom is 0.270 e. The van der Waals surface area contributed by atoms with Crippen molar-refractivity contribution in [2.24, 2.45) is 0 Å². The van der Waals surface area contributed by atoms with Crippen LogP contribution in [0.25, 0.3) is 17.4 Å². The maximum atomic E-state index is 13.2. The number of furan rings is 1. The van der Waals surface area contributed by atoms with Crippen LogP contribution >= 0.6 is 12.2 Å². The van der Waals surface area contributed by atoms with Crippen molar-refractivity contribution >= 4 is 46.6 Å². The highest BCUT2D eigenvalue weighted by atomic mass is 32.1. The lowest BCUT2D eigenvalue weighted by Gasteiger charge is -2.29. The van der Waals surface area contributed by atoms with Crippen LogP contribution in [0, 0.1) is 10.1 Å². The number of hydrogen-bond donors (Lipinski definition) is 1. The molecule has 1 aliphatic heterocycles. The summed E-state index contributed by atoms with van der Waals surface area (Å²) in [6.45, 7) is 0. The Kier molecular flexibility index (Phi) is 5.52. The van der Waals surface area contributed by atoms with E-state index in [0.29, 0.717) is 22.8 Å². The van der Waals surface area contributed by atoms with Gasteiger partial charge >= 0.3 is 0 Å². The molecule has 32 heavy (non-hydrogen) atoms. The first-order valence-electron chi connectivity index (χ1n) is 9.28. The van der Waals surface area contributed by atoms with Crippen LogP contribution in [0.3, 0.4) is 0 Å². The number of benzene rings is 2. The predicted octanol–water partition coefficient (Wildman–Crippen LogP) is 3.69. The lowest BCUT2D eigenvalue weighted by atomic mass is 10.1. The van der Waals surface area contributed by atoms with Gasteiger partial charge in [-0.15, -0.1) is 0 Å². The van der Waals surface area contributed by atoms with E-state index < -0.39 is 16.7 Å².